The first-order chi connectivity index (χ1) is 9.13. The number of nitrogens with two attached hydrogens (primary N) is 1. The van der Waals surface area contributed by atoms with Gasteiger partial charge in [0, 0.05) is 11.6 Å². The molecular weight excluding hydrogens is 243 g/mol. The highest BCUT2D eigenvalue weighted by atomic mass is 19.1. The molecule has 0 fully saturated rings. The van der Waals surface area contributed by atoms with Crippen molar-refractivity contribution in [3.8, 4) is 0 Å². The highest BCUT2D eigenvalue weighted by Gasteiger charge is 2.15. The minimum atomic E-state index is -0.518. The Morgan fingerprint density at radius 1 is 1.21 bits per heavy atom. The molecular formula is C15H13FN2O. The summed E-state index contributed by atoms with van der Waals surface area (Å²) in [6, 6.07) is 8.65. The van der Waals surface area contributed by atoms with Gasteiger partial charge in [-0.05, 0) is 36.8 Å². The lowest BCUT2D eigenvalue weighted by Gasteiger charge is -2.07. The third-order valence-corrected chi connectivity index (χ3v) is 3.08. The van der Waals surface area contributed by atoms with Crippen LogP contribution in [0, 0.1) is 12.7 Å². The van der Waals surface area contributed by atoms with Gasteiger partial charge in [0.1, 0.15) is 17.2 Å². The van der Waals surface area contributed by atoms with Crippen molar-refractivity contribution in [2.75, 3.05) is 0 Å². The Bertz CT molecular complexity index is 736. The maximum Gasteiger partial charge on any atom is 0.141 e. The molecule has 0 amide bonds. The van der Waals surface area contributed by atoms with Gasteiger partial charge in [0.25, 0.3) is 0 Å². The number of halogens is 1. The van der Waals surface area contributed by atoms with Gasteiger partial charge in [-0.25, -0.2) is 4.39 Å². The average Bonchev–Trinajstić information content (AvgIpc) is 2.80. The van der Waals surface area contributed by atoms with Gasteiger partial charge in [-0.15, -0.1) is 0 Å². The first-order valence-corrected chi connectivity index (χ1v) is 5.99. The maximum atomic E-state index is 13.2. The van der Waals surface area contributed by atoms with Crippen molar-refractivity contribution in [3.63, 3.8) is 0 Å². The van der Waals surface area contributed by atoms with E-state index in [-0.39, 0.29) is 0 Å². The molecule has 0 bridgehead atoms. The third kappa shape index (κ3) is 2.22. The van der Waals surface area contributed by atoms with Crippen molar-refractivity contribution in [3.05, 3.63) is 65.4 Å². The number of hydrogen-bond donors (Lipinski definition) is 1. The van der Waals surface area contributed by atoms with Gasteiger partial charge < -0.3 is 10.2 Å². The predicted octanol–water partition coefficient (Wildman–Crippen LogP) is 3.32. The van der Waals surface area contributed by atoms with E-state index in [9.17, 15) is 4.39 Å². The van der Waals surface area contributed by atoms with E-state index in [0.29, 0.717) is 11.3 Å². The molecule has 0 spiro atoms. The first-order valence-electron chi connectivity index (χ1n) is 5.99. The lowest BCUT2D eigenvalue weighted by atomic mass is 10.1. The molecule has 1 unspecified atom stereocenters. The Kier molecular flexibility index (Phi) is 2.80. The second-order valence-corrected chi connectivity index (χ2v) is 4.60. The summed E-state index contributed by atoms with van der Waals surface area (Å²) in [5.74, 6) is 0.202. The average molecular weight is 256 g/mol. The first kappa shape index (κ1) is 11.9. The molecule has 0 aliphatic heterocycles. The molecule has 2 aromatic heterocycles. The maximum absolute atomic E-state index is 13.2. The van der Waals surface area contributed by atoms with Gasteiger partial charge in [-0.3, -0.25) is 4.98 Å². The Morgan fingerprint density at radius 2 is 2.05 bits per heavy atom. The fraction of sp³-hybridized carbons (Fsp3) is 0.133. The zero-order valence-corrected chi connectivity index (χ0v) is 10.4. The molecule has 0 aliphatic rings. The molecule has 0 saturated carbocycles. The van der Waals surface area contributed by atoms with Crippen LogP contribution in [-0.2, 0) is 0 Å². The van der Waals surface area contributed by atoms with Gasteiger partial charge in [-0.1, -0.05) is 11.6 Å². The van der Waals surface area contributed by atoms with Crippen molar-refractivity contribution in [1.82, 2.24) is 4.98 Å². The monoisotopic (exact) mass is 256 g/mol. The molecule has 3 nitrogen and oxygen atoms in total. The van der Waals surface area contributed by atoms with E-state index in [2.05, 4.69) is 4.98 Å². The molecule has 0 radical (unpaired) electrons. The van der Waals surface area contributed by atoms with Crippen molar-refractivity contribution >= 4 is 11.0 Å². The van der Waals surface area contributed by atoms with Crippen molar-refractivity contribution in [1.29, 1.82) is 0 Å². The number of nitrogens with zero attached hydrogens (tertiary/aromatic N) is 1. The van der Waals surface area contributed by atoms with E-state index in [4.69, 9.17) is 10.2 Å². The summed E-state index contributed by atoms with van der Waals surface area (Å²) in [4.78, 5) is 3.80. The topological polar surface area (TPSA) is 52.0 Å². The predicted molar refractivity (Wildman–Crippen MR) is 71.2 cm³/mol. The van der Waals surface area contributed by atoms with Crippen LogP contribution in [-0.4, -0.2) is 4.98 Å². The minimum absolute atomic E-state index is 0.403. The number of aryl methyl sites for hydroxylation is 1. The van der Waals surface area contributed by atoms with E-state index >= 15 is 0 Å². The van der Waals surface area contributed by atoms with Crippen LogP contribution in [0.1, 0.15) is 22.9 Å². The molecule has 3 rings (SSSR count). The van der Waals surface area contributed by atoms with E-state index in [1.807, 2.05) is 31.2 Å². The number of aromatic nitrogens is 1. The summed E-state index contributed by atoms with van der Waals surface area (Å²) in [5.41, 5.74) is 8.61. The SMILES string of the molecule is Cc1ccc2oc(C(N)c3cncc(F)c3)cc2c1. The van der Waals surface area contributed by atoms with Crippen molar-refractivity contribution in [2.24, 2.45) is 5.73 Å². The fourth-order valence-electron chi connectivity index (χ4n) is 2.10. The van der Waals surface area contributed by atoms with Crippen LogP contribution in [0.4, 0.5) is 4.39 Å². The summed E-state index contributed by atoms with van der Waals surface area (Å²) < 4.78 is 18.9. The molecule has 2 N–H and O–H groups in total. The van der Waals surface area contributed by atoms with Gasteiger partial charge in [0.15, 0.2) is 0 Å². The second-order valence-electron chi connectivity index (χ2n) is 4.60. The molecule has 0 saturated heterocycles. The van der Waals surface area contributed by atoms with E-state index < -0.39 is 11.9 Å². The number of furan rings is 1. The number of hydrogen-bond acceptors (Lipinski definition) is 3. The zero-order valence-electron chi connectivity index (χ0n) is 10.4. The standard InChI is InChI=1S/C15H13FN2O/c1-9-2-3-13-10(4-9)6-14(19-13)15(17)11-5-12(16)8-18-7-11/h2-8,15H,17H2,1H3. The molecule has 96 valence electrons. The largest absolute Gasteiger partial charge is 0.459 e. The van der Waals surface area contributed by atoms with Crippen LogP contribution in [0.15, 0.2) is 47.1 Å². The molecule has 0 aliphatic carbocycles. The molecule has 3 aromatic rings. The van der Waals surface area contributed by atoms with Gasteiger partial charge in [0.05, 0.1) is 12.2 Å². The summed E-state index contributed by atoms with van der Waals surface area (Å²) in [6.07, 6.45) is 2.70. The van der Waals surface area contributed by atoms with Gasteiger partial charge >= 0.3 is 0 Å². The van der Waals surface area contributed by atoms with Crippen LogP contribution < -0.4 is 5.73 Å². The summed E-state index contributed by atoms with van der Waals surface area (Å²) in [5, 5.41) is 0.995. The van der Waals surface area contributed by atoms with E-state index in [0.717, 1.165) is 22.7 Å². The third-order valence-electron chi connectivity index (χ3n) is 3.08. The van der Waals surface area contributed by atoms with Gasteiger partial charge in [-0.2, -0.15) is 0 Å². The second kappa shape index (κ2) is 4.48. The fourth-order valence-corrected chi connectivity index (χ4v) is 2.10. The van der Waals surface area contributed by atoms with Crippen molar-refractivity contribution < 1.29 is 8.81 Å². The van der Waals surface area contributed by atoms with Crippen LogP contribution in [0.3, 0.4) is 0 Å². The number of benzene rings is 1. The van der Waals surface area contributed by atoms with Gasteiger partial charge in [0.2, 0.25) is 0 Å². The highest BCUT2D eigenvalue weighted by molar-refractivity contribution is 5.78. The smallest absolute Gasteiger partial charge is 0.141 e. The van der Waals surface area contributed by atoms with Crippen molar-refractivity contribution in [2.45, 2.75) is 13.0 Å². The minimum Gasteiger partial charge on any atom is -0.459 e. The molecule has 1 aromatic carbocycles. The number of pyridine rings is 1. The Labute approximate surface area is 109 Å². The molecule has 2 heterocycles. The highest BCUT2D eigenvalue weighted by Crippen LogP contribution is 2.27. The normalized spacial score (nSPS) is 12.8. The Hall–Kier alpha value is -2.20. The summed E-state index contributed by atoms with van der Waals surface area (Å²) >= 11 is 0. The van der Waals surface area contributed by atoms with Crippen LogP contribution in [0.25, 0.3) is 11.0 Å². The lowest BCUT2D eigenvalue weighted by Crippen LogP contribution is -2.11. The summed E-state index contributed by atoms with van der Waals surface area (Å²) in [6.45, 7) is 2.02. The zero-order chi connectivity index (χ0) is 13.4. The Balaban J connectivity index is 2.04. The van der Waals surface area contributed by atoms with Crippen LogP contribution in [0.5, 0.6) is 0 Å². The van der Waals surface area contributed by atoms with E-state index in [1.54, 1.807) is 6.20 Å². The van der Waals surface area contributed by atoms with Crippen LogP contribution >= 0.6 is 0 Å². The summed E-state index contributed by atoms with van der Waals surface area (Å²) in [7, 11) is 0. The lowest BCUT2D eigenvalue weighted by molar-refractivity contribution is 0.522. The quantitative estimate of drug-likeness (QED) is 0.765. The Morgan fingerprint density at radius 3 is 2.84 bits per heavy atom. The molecule has 19 heavy (non-hydrogen) atoms. The molecule has 4 heteroatoms. The number of rotatable bonds is 2. The molecule has 1 atom stereocenters. The van der Waals surface area contributed by atoms with Crippen LogP contribution in [0.2, 0.25) is 0 Å². The number of fused-ring (bicyclic) bond motifs is 1. The van der Waals surface area contributed by atoms with E-state index in [1.165, 1.54) is 6.07 Å².